The van der Waals surface area contributed by atoms with Crippen LogP contribution in [0.1, 0.15) is 56.4 Å². The highest BCUT2D eigenvalue weighted by Gasteiger charge is 2.22. The number of esters is 1. The molecule has 2 heterocycles. The lowest BCUT2D eigenvalue weighted by Crippen LogP contribution is -2.26. The third kappa shape index (κ3) is 3.36. The van der Waals surface area contributed by atoms with E-state index in [0.717, 1.165) is 5.56 Å². The zero-order valence-electron chi connectivity index (χ0n) is 12.9. The summed E-state index contributed by atoms with van der Waals surface area (Å²) in [4.78, 5) is 28.7. The van der Waals surface area contributed by atoms with Crippen molar-refractivity contribution in [2.24, 2.45) is 0 Å². The molecular weight excluding hydrogens is 304 g/mol. The first-order valence-corrected chi connectivity index (χ1v) is 7.75. The number of ether oxygens (including phenoxy) is 1. The molecule has 1 atom stereocenters. The van der Waals surface area contributed by atoms with Gasteiger partial charge in [-0.2, -0.15) is 0 Å². The number of hydrogen-bond acceptors (Lipinski definition) is 6. The molecule has 0 bridgehead atoms. The zero-order valence-corrected chi connectivity index (χ0v) is 13.7. The van der Waals surface area contributed by atoms with Crippen LogP contribution in [-0.2, 0) is 4.74 Å². The number of carbonyl (C=O) groups excluding carboxylic acids is 2. The Labute approximate surface area is 132 Å². The first kappa shape index (κ1) is 16.2. The van der Waals surface area contributed by atoms with Crippen LogP contribution in [0.2, 0.25) is 0 Å². The number of rotatable bonds is 5. The van der Waals surface area contributed by atoms with Crippen molar-refractivity contribution in [2.75, 3.05) is 6.61 Å². The standard InChI is InChI=1S/C15H18N2O4S/c1-5-20-15(19)12-9(3)17-14(22-12)10(4)16-13(18)11-8(2)6-7-21-11/h6-7,10H,5H2,1-4H3,(H,16,18)/t10-/m1/s1. The molecule has 0 aromatic carbocycles. The third-order valence-electron chi connectivity index (χ3n) is 3.06. The number of thiazole rings is 1. The van der Waals surface area contributed by atoms with Crippen molar-refractivity contribution < 1.29 is 18.7 Å². The molecule has 2 aromatic heterocycles. The monoisotopic (exact) mass is 322 g/mol. The van der Waals surface area contributed by atoms with Gasteiger partial charge in [0.2, 0.25) is 0 Å². The minimum atomic E-state index is -0.385. The van der Waals surface area contributed by atoms with Crippen LogP contribution in [-0.4, -0.2) is 23.5 Å². The average Bonchev–Trinajstić information content (AvgIpc) is 3.05. The van der Waals surface area contributed by atoms with Crippen molar-refractivity contribution in [1.29, 1.82) is 0 Å². The smallest absolute Gasteiger partial charge is 0.350 e. The molecule has 0 radical (unpaired) electrons. The molecule has 6 nitrogen and oxygen atoms in total. The predicted molar refractivity (Wildman–Crippen MR) is 82.1 cm³/mol. The van der Waals surface area contributed by atoms with E-state index in [1.54, 1.807) is 26.8 Å². The Kier molecular flexibility index (Phi) is 4.97. The summed E-state index contributed by atoms with van der Waals surface area (Å²) in [5, 5.41) is 3.47. The molecular formula is C15H18N2O4S. The molecule has 0 saturated heterocycles. The van der Waals surface area contributed by atoms with Crippen LogP contribution in [0.25, 0.3) is 0 Å². The molecule has 22 heavy (non-hydrogen) atoms. The first-order valence-electron chi connectivity index (χ1n) is 6.93. The summed E-state index contributed by atoms with van der Waals surface area (Å²) >= 11 is 1.23. The number of nitrogens with one attached hydrogen (secondary N) is 1. The third-order valence-corrected chi connectivity index (χ3v) is 4.38. The SMILES string of the molecule is CCOC(=O)c1sc([C@@H](C)NC(=O)c2occc2C)nc1C. The van der Waals surface area contributed by atoms with Crippen LogP contribution in [0.4, 0.5) is 0 Å². The molecule has 0 aliphatic heterocycles. The Bertz CT molecular complexity index is 690. The molecule has 118 valence electrons. The van der Waals surface area contributed by atoms with Crippen molar-refractivity contribution in [3.8, 4) is 0 Å². The Morgan fingerprint density at radius 3 is 2.77 bits per heavy atom. The lowest BCUT2D eigenvalue weighted by molar-refractivity contribution is 0.0531. The molecule has 0 aliphatic carbocycles. The van der Waals surface area contributed by atoms with E-state index in [1.807, 2.05) is 6.92 Å². The fourth-order valence-corrected chi connectivity index (χ4v) is 2.88. The summed E-state index contributed by atoms with van der Waals surface area (Å²) in [6.07, 6.45) is 1.47. The van der Waals surface area contributed by atoms with Crippen molar-refractivity contribution in [1.82, 2.24) is 10.3 Å². The van der Waals surface area contributed by atoms with Crippen LogP contribution in [0.5, 0.6) is 0 Å². The van der Waals surface area contributed by atoms with Gasteiger partial charge in [-0.3, -0.25) is 4.79 Å². The van der Waals surface area contributed by atoms with Crippen molar-refractivity contribution in [3.05, 3.63) is 39.2 Å². The van der Waals surface area contributed by atoms with Crippen LogP contribution in [0.3, 0.4) is 0 Å². The maximum atomic E-state index is 12.1. The highest BCUT2D eigenvalue weighted by molar-refractivity contribution is 7.13. The first-order chi connectivity index (χ1) is 10.4. The second kappa shape index (κ2) is 6.74. The molecule has 0 unspecified atom stereocenters. The summed E-state index contributed by atoms with van der Waals surface area (Å²) in [5.74, 6) is -0.407. The molecule has 1 amide bonds. The second-order valence-corrected chi connectivity index (χ2v) is 5.85. The number of nitrogens with zero attached hydrogens (tertiary/aromatic N) is 1. The van der Waals surface area contributed by atoms with Crippen molar-refractivity contribution >= 4 is 23.2 Å². The number of aryl methyl sites for hydroxylation is 2. The maximum Gasteiger partial charge on any atom is 0.350 e. The molecule has 1 N–H and O–H groups in total. The van der Waals surface area contributed by atoms with Gasteiger partial charge >= 0.3 is 5.97 Å². The van der Waals surface area contributed by atoms with Crippen molar-refractivity contribution in [3.63, 3.8) is 0 Å². The van der Waals surface area contributed by atoms with E-state index < -0.39 is 0 Å². The van der Waals surface area contributed by atoms with Crippen LogP contribution in [0, 0.1) is 13.8 Å². The lowest BCUT2D eigenvalue weighted by atomic mass is 10.2. The highest BCUT2D eigenvalue weighted by atomic mass is 32.1. The molecule has 0 fully saturated rings. The van der Waals surface area contributed by atoms with Crippen LogP contribution in [0.15, 0.2) is 16.7 Å². The largest absolute Gasteiger partial charge is 0.462 e. The lowest BCUT2D eigenvalue weighted by Gasteiger charge is -2.10. The second-order valence-electron chi connectivity index (χ2n) is 4.81. The van der Waals surface area contributed by atoms with Gasteiger partial charge in [-0.25, -0.2) is 9.78 Å². The van der Waals surface area contributed by atoms with Gasteiger partial charge in [0.1, 0.15) is 9.88 Å². The molecule has 0 spiro atoms. The number of carbonyl (C=O) groups is 2. The van der Waals surface area contributed by atoms with Gasteiger partial charge < -0.3 is 14.5 Å². The summed E-state index contributed by atoms with van der Waals surface area (Å²) in [6, 6.07) is 1.40. The summed E-state index contributed by atoms with van der Waals surface area (Å²) in [6.45, 7) is 7.43. The van der Waals surface area contributed by atoms with E-state index in [2.05, 4.69) is 10.3 Å². The minimum Gasteiger partial charge on any atom is -0.462 e. The van der Waals surface area contributed by atoms with Crippen molar-refractivity contribution in [2.45, 2.75) is 33.7 Å². The Hall–Kier alpha value is -2.15. The molecule has 0 saturated carbocycles. The van der Waals surface area contributed by atoms with Gasteiger partial charge in [0, 0.05) is 5.56 Å². The van der Waals surface area contributed by atoms with E-state index in [9.17, 15) is 9.59 Å². The number of hydrogen-bond donors (Lipinski definition) is 1. The summed E-state index contributed by atoms with van der Waals surface area (Å²) in [5.41, 5.74) is 1.38. The minimum absolute atomic E-state index is 0.283. The Morgan fingerprint density at radius 1 is 1.45 bits per heavy atom. The number of furan rings is 1. The van der Waals surface area contributed by atoms with E-state index >= 15 is 0 Å². The fourth-order valence-electron chi connectivity index (χ4n) is 1.92. The van der Waals surface area contributed by atoms with Gasteiger partial charge in [0.15, 0.2) is 5.76 Å². The van der Waals surface area contributed by atoms with Gasteiger partial charge in [-0.1, -0.05) is 0 Å². The van der Waals surface area contributed by atoms with Crippen LogP contribution >= 0.6 is 11.3 Å². The topological polar surface area (TPSA) is 81.4 Å². The number of aromatic nitrogens is 1. The quantitative estimate of drug-likeness (QED) is 0.856. The molecule has 2 rings (SSSR count). The zero-order chi connectivity index (χ0) is 16.3. The predicted octanol–water partition coefficient (Wildman–Crippen LogP) is 3.02. The fraction of sp³-hybridized carbons (Fsp3) is 0.400. The van der Waals surface area contributed by atoms with E-state index in [0.29, 0.717) is 22.2 Å². The molecule has 0 aliphatic rings. The van der Waals surface area contributed by atoms with Gasteiger partial charge in [-0.05, 0) is 33.8 Å². The van der Waals surface area contributed by atoms with E-state index in [-0.39, 0.29) is 23.7 Å². The van der Waals surface area contributed by atoms with E-state index in [1.165, 1.54) is 17.6 Å². The normalized spacial score (nSPS) is 12.0. The van der Waals surface area contributed by atoms with Gasteiger partial charge in [0.25, 0.3) is 5.91 Å². The average molecular weight is 322 g/mol. The van der Waals surface area contributed by atoms with Crippen LogP contribution < -0.4 is 5.32 Å². The summed E-state index contributed by atoms with van der Waals surface area (Å²) in [7, 11) is 0. The van der Waals surface area contributed by atoms with Gasteiger partial charge in [-0.15, -0.1) is 11.3 Å². The summed E-state index contributed by atoms with van der Waals surface area (Å²) < 4.78 is 10.1. The maximum absolute atomic E-state index is 12.1. The highest BCUT2D eigenvalue weighted by Crippen LogP contribution is 2.24. The number of amides is 1. The van der Waals surface area contributed by atoms with E-state index in [4.69, 9.17) is 9.15 Å². The molecule has 2 aromatic rings. The van der Waals surface area contributed by atoms with Gasteiger partial charge in [0.05, 0.1) is 24.6 Å². The Balaban J connectivity index is 2.12. The Morgan fingerprint density at radius 2 is 2.18 bits per heavy atom. The molecule has 7 heteroatoms.